The molecule has 7 nitrogen and oxygen atoms in total. The molecule has 1 aliphatic heterocycles. The Morgan fingerprint density at radius 3 is 3.09 bits per heavy atom. The van der Waals surface area contributed by atoms with E-state index in [1.165, 1.54) is 29.2 Å². The largest absolute Gasteiger partial charge is 0.466 e. The first-order chi connectivity index (χ1) is 15.4. The van der Waals surface area contributed by atoms with Crippen LogP contribution in [0.15, 0.2) is 27.9 Å². The number of ether oxygens (including phenoxy) is 2. The second kappa shape index (κ2) is 12.5. The van der Waals surface area contributed by atoms with Crippen molar-refractivity contribution in [3.8, 4) is 0 Å². The maximum atomic E-state index is 13.7. The Labute approximate surface area is 199 Å². The molecule has 1 aromatic carbocycles. The minimum atomic E-state index is -0.424. The molecule has 0 spiro atoms. The van der Waals surface area contributed by atoms with Crippen LogP contribution >= 0.6 is 34.7 Å². The van der Waals surface area contributed by atoms with Gasteiger partial charge in [0.1, 0.15) is 5.82 Å². The van der Waals surface area contributed by atoms with Crippen LogP contribution in [0.5, 0.6) is 0 Å². The molecule has 1 aliphatic rings. The smallest absolute Gasteiger partial charge is 0.311 e. The fourth-order valence-electron chi connectivity index (χ4n) is 3.15. The Kier molecular flexibility index (Phi) is 9.73. The molecule has 0 aliphatic carbocycles. The van der Waals surface area contributed by atoms with E-state index in [1.54, 1.807) is 18.4 Å². The Morgan fingerprint density at radius 1 is 1.47 bits per heavy atom. The monoisotopic (exact) mass is 501 g/mol. The van der Waals surface area contributed by atoms with E-state index in [0.29, 0.717) is 38.5 Å². The van der Waals surface area contributed by atoms with Crippen molar-refractivity contribution in [1.29, 1.82) is 0 Å². The molecule has 2 heterocycles. The molecule has 174 valence electrons. The molecule has 11 heteroatoms. The number of benzene rings is 1. The van der Waals surface area contributed by atoms with Crippen molar-refractivity contribution < 1.29 is 23.5 Å². The van der Waals surface area contributed by atoms with Gasteiger partial charge in [-0.25, -0.2) is 9.37 Å². The Bertz CT molecular complexity index is 930. The summed E-state index contributed by atoms with van der Waals surface area (Å²) < 4.78 is 25.0. The summed E-state index contributed by atoms with van der Waals surface area (Å²) in [6, 6.07) is 4.82. The number of nitrogens with one attached hydrogen (secondary N) is 1. The molecule has 2 aromatic rings. The van der Waals surface area contributed by atoms with Gasteiger partial charge in [0.15, 0.2) is 4.34 Å². The second-order valence-corrected chi connectivity index (χ2v) is 9.64. The van der Waals surface area contributed by atoms with E-state index in [1.807, 2.05) is 6.07 Å². The van der Waals surface area contributed by atoms with Crippen LogP contribution in [-0.4, -0.2) is 66.5 Å². The van der Waals surface area contributed by atoms with E-state index >= 15 is 0 Å². The lowest BCUT2D eigenvalue weighted by atomic mass is 10.2. The number of carbonyl (C=O) groups excluding carboxylic acids is 2. The molecule has 0 radical (unpaired) electrons. The topological polar surface area (TPSA) is 80.8 Å². The highest BCUT2D eigenvalue weighted by Gasteiger charge is 2.21. The molecule has 1 N–H and O–H groups in total. The first-order valence-corrected chi connectivity index (χ1v) is 12.4. The normalized spacial score (nSPS) is 16.7. The molecule has 1 aromatic heterocycles. The van der Waals surface area contributed by atoms with Crippen LogP contribution in [0.4, 0.5) is 4.39 Å². The second-order valence-electron chi connectivity index (χ2n) is 7.16. The molecule has 32 heavy (non-hydrogen) atoms. The summed E-state index contributed by atoms with van der Waals surface area (Å²) in [5.41, 5.74) is 1.49. The zero-order chi connectivity index (χ0) is 22.9. The van der Waals surface area contributed by atoms with Gasteiger partial charge in [0.2, 0.25) is 5.91 Å². The Hall–Kier alpha value is -1.72. The number of halogens is 2. The number of hydrogen-bond acceptors (Lipinski definition) is 8. The van der Waals surface area contributed by atoms with Crippen molar-refractivity contribution in [1.82, 2.24) is 15.2 Å². The third-order valence-electron chi connectivity index (χ3n) is 4.63. The van der Waals surface area contributed by atoms with Crippen molar-refractivity contribution in [2.45, 2.75) is 30.3 Å². The van der Waals surface area contributed by atoms with E-state index in [0.717, 1.165) is 16.4 Å². The summed E-state index contributed by atoms with van der Waals surface area (Å²) in [6.07, 6.45) is 0.000769. The van der Waals surface area contributed by atoms with Crippen LogP contribution < -0.4 is 5.32 Å². The molecular formula is C21H25ClFN3O4S2. The average Bonchev–Trinajstić information content (AvgIpc) is 3.21. The number of aromatic nitrogens is 1. The zero-order valence-electron chi connectivity index (χ0n) is 17.6. The van der Waals surface area contributed by atoms with Gasteiger partial charge in [-0.2, -0.15) is 0 Å². The van der Waals surface area contributed by atoms with Crippen molar-refractivity contribution in [3.63, 3.8) is 0 Å². The predicted molar refractivity (Wildman–Crippen MR) is 123 cm³/mol. The van der Waals surface area contributed by atoms with Crippen LogP contribution in [0.3, 0.4) is 0 Å². The molecule has 1 atom stereocenters. The van der Waals surface area contributed by atoms with Crippen molar-refractivity contribution >= 4 is 46.6 Å². The van der Waals surface area contributed by atoms with Gasteiger partial charge in [0, 0.05) is 31.6 Å². The zero-order valence-corrected chi connectivity index (χ0v) is 20.0. The van der Waals surface area contributed by atoms with Crippen LogP contribution in [-0.2, 0) is 32.0 Å². The number of hydrogen-bond donors (Lipinski definition) is 1. The van der Waals surface area contributed by atoms with E-state index in [9.17, 15) is 14.0 Å². The lowest BCUT2D eigenvalue weighted by molar-refractivity contribution is -0.142. The van der Waals surface area contributed by atoms with Gasteiger partial charge in [-0.3, -0.25) is 14.5 Å². The van der Waals surface area contributed by atoms with Crippen LogP contribution in [0, 0.1) is 5.82 Å². The number of amides is 1. The third-order valence-corrected chi connectivity index (χ3v) is 7.00. The van der Waals surface area contributed by atoms with Crippen molar-refractivity contribution in [2.75, 3.05) is 38.6 Å². The summed E-state index contributed by atoms with van der Waals surface area (Å²) in [6.45, 7) is 5.02. The van der Waals surface area contributed by atoms with Crippen LogP contribution in [0.1, 0.15) is 18.2 Å². The minimum Gasteiger partial charge on any atom is -0.466 e. The number of morpholine rings is 1. The van der Waals surface area contributed by atoms with Gasteiger partial charge in [-0.15, -0.1) is 11.3 Å². The molecule has 3 rings (SSSR count). The Balaban J connectivity index is 1.37. The number of rotatable bonds is 10. The number of thioether (sulfide) groups is 1. The minimum absolute atomic E-state index is 0.113. The van der Waals surface area contributed by atoms with Gasteiger partial charge in [-0.05, 0) is 24.6 Å². The van der Waals surface area contributed by atoms with Gasteiger partial charge < -0.3 is 14.8 Å². The van der Waals surface area contributed by atoms with E-state index in [-0.39, 0.29) is 35.2 Å². The van der Waals surface area contributed by atoms with Gasteiger partial charge in [-0.1, -0.05) is 29.4 Å². The summed E-state index contributed by atoms with van der Waals surface area (Å²) >= 11 is 8.47. The fraction of sp³-hybridized carbons (Fsp3) is 0.476. The lowest BCUT2D eigenvalue weighted by Gasteiger charge is -2.33. The maximum absolute atomic E-state index is 13.7. The molecular weight excluding hydrogens is 477 g/mol. The van der Waals surface area contributed by atoms with Gasteiger partial charge >= 0.3 is 5.97 Å². The third kappa shape index (κ3) is 8.00. The van der Waals surface area contributed by atoms with E-state index in [2.05, 4.69) is 15.2 Å². The summed E-state index contributed by atoms with van der Waals surface area (Å²) in [7, 11) is 0. The average molecular weight is 502 g/mol. The predicted octanol–water partition coefficient (Wildman–Crippen LogP) is 3.15. The lowest BCUT2D eigenvalue weighted by Crippen LogP contribution is -2.47. The maximum Gasteiger partial charge on any atom is 0.311 e. The van der Waals surface area contributed by atoms with Gasteiger partial charge in [0.25, 0.3) is 0 Å². The molecule has 1 amide bonds. The molecule has 1 unspecified atom stereocenters. The van der Waals surface area contributed by atoms with Gasteiger partial charge in [0.05, 0.1) is 42.2 Å². The first kappa shape index (κ1) is 24.9. The number of carbonyl (C=O) groups is 2. The molecule has 1 saturated heterocycles. The standard InChI is InChI=1S/C21H25ClFN3O4S2/c1-2-29-20(28)8-15-12-31-21(25-15)32-13-19(27)24-9-16-11-26(5-6-30-16)10-14-3-4-17(22)18(23)7-14/h3-4,7,12,16H,2,5-6,8-11,13H2,1H3,(H,24,27). The summed E-state index contributed by atoms with van der Waals surface area (Å²) in [5.74, 6) is -0.619. The summed E-state index contributed by atoms with van der Waals surface area (Å²) in [4.78, 5) is 30.2. The SMILES string of the molecule is CCOC(=O)Cc1csc(SCC(=O)NCC2CN(Cc3ccc(Cl)c(F)c3)CCO2)n1. The number of nitrogens with zero attached hydrogens (tertiary/aromatic N) is 2. The first-order valence-electron chi connectivity index (χ1n) is 10.2. The fourth-order valence-corrected chi connectivity index (χ4v) is 4.94. The highest BCUT2D eigenvalue weighted by Crippen LogP contribution is 2.23. The van der Waals surface area contributed by atoms with E-state index < -0.39 is 5.82 Å². The van der Waals surface area contributed by atoms with E-state index in [4.69, 9.17) is 21.1 Å². The highest BCUT2D eigenvalue weighted by atomic mass is 35.5. The molecule has 1 fully saturated rings. The summed E-state index contributed by atoms with van der Waals surface area (Å²) in [5, 5.41) is 4.81. The van der Waals surface area contributed by atoms with Crippen molar-refractivity contribution in [2.24, 2.45) is 0 Å². The highest BCUT2D eigenvalue weighted by molar-refractivity contribution is 8.01. The number of thiazole rings is 1. The molecule has 0 bridgehead atoms. The Morgan fingerprint density at radius 2 is 2.31 bits per heavy atom. The van der Waals surface area contributed by atoms with Crippen LogP contribution in [0.25, 0.3) is 0 Å². The van der Waals surface area contributed by atoms with Crippen LogP contribution in [0.2, 0.25) is 5.02 Å². The quantitative estimate of drug-likeness (QED) is 0.395. The van der Waals surface area contributed by atoms with Crippen molar-refractivity contribution in [3.05, 3.63) is 45.7 Å². The number of esters is 1. The molecule has 0 saturated carbocycles.